The number of aliphatic hydroxyl groups is 2. The molecule has 1 aromatic rings. The highest BCUT2D eigenvalue weighted by Gasteiger charge is 2.29. The molecule has 0 bridgehead atoms. The number of carbonyl (C=O) groups excluding carboxylic acids is 1. The molecule has 31 heavy (non-hydrogen) atoms. The van der Waals surface area contributed by atoms with Crippen molar-refractivity contribution in [3.05, 3.63) is 42.0 Å². The summed E-state index contributed by atoms with van der Waals surface area (Å²) in [4.78, 5) is 11.6. The predicted molar refractivity (Wildman–Crippen MR) is 117 cm³/mol. The van der Waals surface area contributed by atoms with E-state index in [-0.39, 0.29) is 31.3 Å². The second kappa shape index (κ2) is 13.5. The zero-order valence-electron chi connectivity index (χ0n) is 18.6. The average Bonchev–Trinajstić information content (AvgIpc) is 2.72. The highest BCUT2D eigenvalue weighted by molar-refractivity contribution is 5.69. The number of ether oxygens (including phenoxy) is 4. The minimum Gasteiger partial charge on any atom is -0.497 e. The molecule has 1 saturated heterocycles. The molecule has 1 aliphatic heterocycles. The van der Waals surface area contributed by atoms with E-state index in [0.29, 0.717) is 38.9 Å². The van der Waals surface area contributed by atoms with Gasteiger partial charge in [-0.1, -0.05) is 24.3 Å². The monoisotopic (exact) mass is 436 g/mol. The third kappa shape index (κ3) is 9.39. The zero-order valence-corrected chi connectivity index (χ0v) is 18.6. The molecule has 7 nitrogen and oxygen atoms in total. The molecule has 2 N–H and O–H groups in total. The molecule has 0 saturated carbocycles. The minimum absolute atomic E-state index is 0.0304. The molecule has 0 radical (unpaired) electrons. The van der Waals surface area contributed by atoms with Gasteiger partial charge in [0.25, 0.3) is 0 Å². The molecule has 1 aliphatic rings. The van der Waals surface area contributed by atoms with E-state index in [4.69, 9.17) is 18.9 Å². The summed E-state index contributed by atoms with van der Waals surface area (Å²) >= 11 is 0. The summed E-state index contributed by atoms with van der Waals surface area (Å²) < 4.78 is 22.3. The third-order valence-electron chi connectivity index (χ3n) is 5.28. The van der Waals surface area contributed by atoms with Crippen LogP contribution in [0.3, 0.4) is 0 Å². The van der Waals surface area contributed by atoms with Crippen molar-refractivity contribution in [3.63, 3.8) is 0 Å². The van der Waals surface area contributed by atoms with Gasteiger partial charge >= 0.3 is 5.97 Å². The normalized spacial score (nSPS) is 20.8. The molecule has 1 fully saturated rings. The first kappa shape index (κ1) is 25.3. The lowest BCUT2D eigenvalue weighted by atomic mass is 9.92. The standard InChI is InChI=1S/C24H36O7/c1-4-29-24(27)14-19(26)13-22-11-17(2)12-23(31-22)15-21(9-10-25)30-16-18-5-7-20(28-3)8-6-18/h5-8,19,21-23,25-26H,2,4,9-16H2,1,3H3/t19-,21+,22-,23+/m1/s1. The Morgan fingerprint density at radius 2 is 1.90 bits per heavy atom. The van der Waals surface area contributed by atoms with E-state index in [0.717, 1.165) is 23.3 Å². The fraction of sp³-hybridized carbons (Fsp3) is 0.625. The van der Waals surface area contributed by atoms with Gasteiger partial charge in [-0.3, -0.25) is 4.79 Å². The minimum atomic E-state index is -0.810. The Kier molecular flexibility index (Phi) is 11.0. The Morgan fingerprint density at radius 3 is 2.52 bits per heavy atom. The highest BCUT2D eigenvalue weighted by atomic mass is 16.5. The summed E-state index contributed by atoms with van der Waals surface area (Å²) in [6, 6.07) is 7.68. The van der Waals surface area contributed by atoms with Gasteiger partial charge in [0.15, 0.2) is 0 Å². The molecule has 0 spiro atoms. The van der Waals surface area contributed by atoms with Gasteiger partial charge in [0, 0.05) is 19.4 Å². The maximum Gasteiger partial charge on any atom is 0.308 e. The van der Waals surface area contributed by atoms with E-state index < -0.39 is 12.1 Å². The van der Waals surface area contributed by atoms with Crippen LogP contribution in [0.2, 0.25) is 0 Å². The van der Waals surface area contributed by atoms with Crippen molar-refractivity contribution >= 4 is 5.97 Å². The highest BCUT2D eigenvalue weighted by Crippen LogP contribution is 2.30. The number of benzene rings is 1. The molecule has 1 aromatic carbocycles. The Labute approximate surface area is 185 Å². The number of rotatable bonds is 13. The summed E-state index contributed by atoms with van der Waals surface area (Å²) in [6.45, 7) is 6.62. The smallest absolute Gasteiger partial charge is 0.308 e. The zero-order chi connectivity index (χ0) is 22.6. The lowest BCUT2D eigenvalue weighted by molar-refractivity contribution is -0.146. The van der Waals surface area contributed by atoms with Crippen LogP contribution >= 0.6 is 0 Å². The maximum absolute atomic E-state index is 11.6. The van der Waals surface area contributed by atoms with Crippen LogP contribution in [0.1, 0.15) is 51.0 Å². The molecule has 1 heterocycles. The summed E-state index contributed by atoms with van der Waals surface area (Å²) in [6.07, 6.45) is 1.56. The van der Waals surface area contributed by atoms with E-state index in [1.807, 2.05) is 24.3 Å². The second-order valence-corrected chi connectivity index (χ2v) is 7.97. The number of aliphatic hydroxyl groups excluding tert-OH is 2. The van der Waals surface area contributed by atoms with Crippen LogP contribution in [0, 0.1) is 0 Å². The van der Waals surface area contributed by atoms with Gasteiger partial charge in [0.05, 0.1) is 51.2 Å². The molecule has 7 heteroatoms. The first-order chi connectivity index (χ1) is 14.9. The van der Waals surface area contributed by atoms with Crippen LogP contribution in [0.15, 0.2) is 36.4 Å². The summed E-state index contributed by atoms with van der Waals surface area (Å²) in [5.74, 6) is 0.386. The maximum atomic E-state index is 11.6. The Morgan fingerprint density at radius 1 is 1.23 bits per heavy atom. The first-order valence-corrected chi connectivity index (χ1v) is 10.9. The van der Waals surface area contributed by atoms with Crippen molar-refractivity contribution < 1.29 is 34.0 Å². The molecular weight excluding hydrogens is 400 g/mol. The van der Waals surface area contributed by atoms with Crippen molar-refractivity contribution in [2.24, 2.45) is 0 Å². The van der Waals surface area contributed by atoms with Crippen LogP contribution < -0.4 is 4.74 Å². The number of hydrogen-bond acceptors (Lipinski definition) is 7. The van der Waals surface area contributed by atoms with E-state index in [1.54, 1.807) is 14.0 Å². The Bertz CT molecular complexity index is 673. The Balaban J connectivity index is 1.86. The van der Waals surface area contributed by atoms with Crippen LogP contribution in [-0.2, 0) is 25.6 Å². The van der Waals surface area contributed by atoms with Gasteiger partial charge in [-0.15, -0.1) is 0 Å². The van der Waals surface area contributed by atoms with E-state index >= 15 is 0 Å². The van der Waals surface area contributed by atoms with Crippen molar-refractivity contribution in [3.8, 4) is 5.75 Å². The topological polar surface area (TPSA) is 94.5 Å². The molecular formula is C24H36O7. The molecule has 2 rings (SSSR count). The van der Waals surface area contributed by atoms with Gasteiger partial charge in [0.1, 0.15) is 5.75 Å². The number of methoxy groups -OCH3 is 1. The van der Waals surface area contributed by atoms with Crippen molar-refractivity contribution in [2.75, 3.05) is 20.3 Å². The number of esters is 1. The van der Waals surface area contributed by atoms with E-state index in [2.05, 4.69) is 6.58 Å². The van der Waals surface area contributed by atoms with Crippen LogP contribution in [0.4, 0.5) is 0 Å². The molecule has 4 atom stereocenters. The summed E-state index contributed by atoms with van der Waals surface area (Å²) in [7, 11) is 1.63. The molecule has 0 amide bonds. The van der Waals surface area contributed by atoms with Gasteiger partial charge in [0.2, 0.25) is 0 Å². The van der Waals surface area contributed by atoms with Gasteiger partial charge in [-0.25, -0.2) is 0 Å². The van der Waals surface area contributed by atoms with Crippen LogP contribution in [-0.4, -0.2) is 60.9 Å². The average molecular weight is 437 g/mol. The third-order valence-corrected chi connectivity index (χ3v) is 5.28. The Hall–Kier alpha value is -1.93. The summed E-state index contributed by atoms with van der Waals surface area (Å²) in [5, 5.41) is 19.7. The van der Waals surface area contributed by atoms with Gasteiger partial charge < -0.3 is 29.2 Å². The number of hydrogen-bond donors (Lipinski definition) is 2. The van der Waals surface area contributed by atoms with Gasteiger partial charge in [-0.05, 0) is 43.9 Å². The first-order valence-electron chi connectivity index (χ1n) is 10.9. The molecule has 0 aromatic heterocycles. The van der Waals surface area contributed by atoms with E-state index in [9.17, 15) is 15.0 Å². The quantitative estimate of drug-likeness (QED) is 0.362. The fourth-order valence-corrected chi connectivity index (χ4v) is 3.81. The van der Waals surface area contributed by atoms with Crippen LogP contribution in [0.5, 0.6) is 5.75 Å². The molecule has 174 valence electrons. The van der Waals surface area contributed by atoms with Gasteiger partial charge in [-0.2, -0.15) is 0 Å². The SMILES string of the molecule is C=C1C[C@H](C[C@@H](O)CC(=O)OCC)O[C@H](C[C@H](CCO)OCc2ccc(OC)cc2)C1. The lowest BCUT2D eigenvalue weighted by Gasteiger charge is -2.34. The predicted octanol–water partition coefficient (Wildman–Crippen LogP) is 3.16. The summed E-state index contributed by atoms with van der Waals surface area (Å²) in [5.41, 5.74) is 2.08. The fourth-order valence-electron chi connectivity index (χ4n) is 3.81. The lowest BCUT2D eigenvalue weighted by Crippen LogP contribution is -2.35. The van der Waals surface area contributed by atoms with Crippen molar-refractivity contribution in [1.82, 2.24) is 0 Å². The van der Waals surface area contributed by atoms with Crippen molar-refractivity contribution in [2.45, 2.75) is 76.5 Å². The number of carbonyl (C=O) groups is 1. The van der Waals surface area contributed by atoms with Crippen LogP contribution in [0.25, 0.3) is 0 Å². The largest absolute Gasteiger partial charge is 0.497 e. The van der Waals surface area contributed by atoms with E-state index in [1.165, 1.54) is 0 Å². The molecule has 0 aliphatic carbocycles. The second-order valence-electron chi connectivity index (χ2n) is 7.97. The molecule has 0 unspecified atom stereocenters. The van der Waals surface area contributed by atoms with Crippen molar-refractivity contribution in [1.29, 1.82) is 0 Å².